The molecule has 2 heterocycles. The van der Waals surface area contributed by atoms with Crippen LogP contribution in [-0.4, -0.2) is 49.4 Å². The zero-order valence-electron chi connectivity index (χ0n) is 19.1. The lowest BCUT2D eigenvalue weighted by Crippen LogP contribution is -2.32. The van der Waals surface area contributed by atoms with E-state index in [1.807, 2.05) is 18.2 Å². The van der Waals surface area contributed by atoms with Gasteiger partial charge >= 0.3 is 15.6 Å². The van der Waals surface area contributed by atoms with Crippen molar-refractivity contribution < 1.29 is 35.0 Å². The topological polar surface area (TPSA) is 102 Å². The number of alkyl halides is 3. The molecular formula is C24H24F3N3O5S. The number of carbonyl (C=O) groups excluding carboxylic acids is 1. The van der Waals surface area contributed by atoms with Gasteiger partial charge in [0.2, 0.25) is 11.8 Å². The second-order valence-electron chi connectivity index (χ2n) is 8.29. The number of nitrogens with zero attached hydrogens (tertiary/aromatic N) is 2. The molecule has 0 bridgehead atoms. The maximum absolute atomic E-state index is 12.6. The molecule has 4 rings (SSSR count). The highest BCUT2D eigenvalue weighted by Gasteiger charge is 2.48. The van der Waals surface area contributed by atoms with Gasteiger partial charge < -0.3 is 13.9 Å². The molecule has 0 spiro atoms. The number of para-hydroxylation sites is 2. The van der Waals surface area contributed by atoms with Crippen LogP contribution in [0, 0.1) is 0 Å². The fourth-order valence-corrected chi connectivity index (χ4v) is 4.30. The van der Waals surface area contributed by atoms with Crippen LogP contribution in [0.3, 0.4) is 0 Å². The number of hydrogen-bond acceptors (Lipinski definition) is 7. The molecular weight excluding hydrogens is 499 g/mol. The zero-order valence-corrected chi connectivity index (χ0v) is 19.9. The normalized spacial score (nSPS) is 14.8. The van der Waals surface area contributed by atoms with Crippen LogP contribution in [0.15, 0.2) is 53.0 Å². The summed E-state index contributed by atoms with van der Waals surface area (Å²) in [5, 5.41) is 2.80. The molecule has 1 aromatic heterocycles. The van der Waals surface area contributed by atoms with E-state index < -0.39 is 15.6 Å². The van der Waals surface area contributed by atoms with Gasteiger partial charge in [-0.05, 0) is 61.2 Å². The predicted octanol–water partition coefficient (Wildman–Crippen LogP) is 4.02. The second-order valence-corrected chi connectivity index (χ2v) is 9.83. The molecule has 0 aliphatic carbocycles. The van der Waals surface area contributed by atoms with E-state index in [0.717, 1.165) is 37.1 Å². The highest BCUT2D eigenvalue weighted by Crippen LogP contribution is 2.29. The quantitative estimate of drug-likeness (QED) is 0.196. The van der Waals surface area contributed by atoms with Gasteiger partial charge in [-0.2, -0.15) is 21.6 Å². The third-order valence-corrected chi connectivity index (χ3v) is 6.63. The van der Waals surface area contributed by atoms with Crippen molar-refractivity contribution in [3.8, 4) is 5.75 Å². The lowest BCUT2D eigenvalue weighted by molar-refractivity contribution is -0.116. The minimum atomic E-state index is -5.71. The standard InChI is InChI=1S/C24H24F3N3O5S/c25-24(26,27)36(32,33)35-19-8-7-17-11-14-30(16-18(17)15-19)13-4-3-12-28-22(31)9-10-23-29-20-5-1-2-6-21(20)34-23/h1-2,5-10,15H,3-4,11-14,16H2,(H,28,31). The van der Waals surface area contributed by atoms with Crippen LogP contribution in [-0.2, 0) is 27.9 Å². The van der Waals surface area contributed by atoms with E-state index in [2.05, 4.69) is 19.4 Å². The first-order valence-corrected chi connectivity index (χ1v) is 12.7. The van der Waals surface area contributed by atoms with Gasteiger partial charge in [-0.15, -0.1) is 0 Å². The van der Waals surface area contributed by atoms with Crippen molar-refractivity contribution >= 4 is 33.2 Å². The molecule has 3 aromatic rings. The lowest BCUT2D eigenvalue weighted by Gasteiger charge is -2.29. The Hall–Kier alpha value is -3.38. The number of benzene rings is 2. The van der Waals surface area contributed by atoms with Gasteiger partial charge in [0, 0.05) is 31.8 Å². The molecule has 8 nitrogen and oxygen atoms in total. The Labute approximate surface area is 205 Å². The largest absolute Gasteiger partial charge is 0.534 e. The van der Waals surface area contributed by atoms with Gasteiger partial charge in [0.15, 0.2) is 5.58 Å². The molecule has 1 aliphatic rings. The van der Waals surface area contributed by atoms with E-state index in [4.69, 9.17) is 4.42 Å². The van der Waals surface area contributed by atoms with Crippen LogP contribution in [0.25, 0.3) is 17.2 Å². The molecule has 0 fully saturated rings. The summed E-state index contributed by atoms with van der Waals surface area (Å²) < 4.78 is 70.0. The van der Waals surface area contributed by atoms with Crippen LogP contribution in [0.2, 0.25) is 0 Å². The summed E-state index contributed by atoms with van der Waals surface area (Å²) in [5.74, 6) is -0.270. The van der Waals surface area contributed by atoms with E-state index >= 15 is 0 Å². The molecule has 2 aromatic carbocycles. The minimum Gasteiger partial charge on any atom is -0.437 e. The Morgan fingerprint density at radius 2 is 1.97 bits per heavy atom. The summed E-state index contributed by atoms with van der Waals surface area (Å²) in [4.78, 5) is 18.4. The Morgan fingerprint density at radius 1 is 1.17 bits per heavy atom. The first-order valence-electron chi connectivity index (χ1n) is 11.3. The first kappa shape index (κ1) is 25.7. The highest BCUT2D eigenvalue weighted by molar-refractivity contribution is 7.88. The Balaban J connectivity index is 1.19. The Bertz CT molecular complexity index is 1340. The number of hydrogen-bond donors (Lipinski definition) is 1. The summed E-state index contributed by atoms with van der Waals surface area (Å²) in [7, 11) is -5.71. The number of halogens is 3. The SMILES string of the molecule is O=C(C=Cc1nc2ccccc2o1)NCCCCN1CCc2ccc(OS(=O)(=O)C(F)(F)F)cc2C1. The number of carbonyl (C=O) groups is 1. The number of oxazole rings is 1. The number of unbranched alkanes of at least 4 members (excludes halogenated alkanes) is 1. The van der Waals surface area contributed by atoms with Crippen molar-refractivity contribution in [3.05, 3.63) is 65.6 Å². The van der Waals surface area contributed by atoms with Crippen LogP contribution in [0.1, 0.15) is 29.9 Å². The van der Waals surface area contributed by atoms with Gasteiger partial charge in [-0.25, -0.2) is 4.98 Å². The number of amides is 1. The number of fused-ring (bicyclic) bond motifs is 2. The maximum atomic E-state index is 12.6. The summed E-state index contributed by atoms with van der Waals surface area (Å²) in [6.07, 6.45) is 5.10. The van der Waals surface area contributed by atoms with Gasteiger partial charge in [-0.1, -0.05) is 18.2 Å². The Morgan fingerprint density at radius 3 is 2.75 bits per heavy atom. The van der Waals surface area contributed by atoms with E-state index in [1.165, 1.54) is 24.3 Å². The minimum absolute atomic E-state index is 0.259. The van der Waals surface area contributed by atoms with Gasteiger partial charge in [-0.3, -0.25) is 9.69 Å². The molecule has 192 valence electrons. The summed E-state index contributed by atoms with van der Waals surface area (Å²) in [6.45, 7) is 2.44. The van der Waals surface area contributed by atoms with Gasteiger partial charge in [0.05, 0.1) is 0 Å². The average Bonchev–Trinajstić information content (AvgIpc) is 3.24. The molecule has 0 saturated heterocycles. The molecule has 12 heteroatoms. The van der Waals surface area contributed by atoms with Crippen molar-refractivity contribution in [1.29, 1.82) is 0 Å². The van der Waals surface area contributed by atoms with E-state index in [1.54, 1.807) is 12.1 Å². The van der Waals surface area contributed by atoms with E-state index in [0.29, 0.717) is 36.5 Å². The second kappa shape index (κ2) is 10.7. The van der Waals surface area contributed by atoms with Gasteiger partial charge in [0.1, 0.15) is 11.3 Å². The smallest absolute Gasteiger partial charge is 0.437 e. The molecule has 1 N–H and O–H groups in total. The molecule has 0 unspecified atom stereocenters. The monoisotopic (exact) mass is 523 g/mol. The highest BCUT2D eigenvalue weighted by atomic mass is 32.2. The molecule has 0 atom stereocenters. The summed E-state index contributed by atoms with van der Waals surface area (Å²) in [5.41, 5.74) is -2.44. The third kappa shape index (κ3) is 6.43. The number of nitrogens with one attached hydrogen (secondary N) is 1. The van der Waals surface area contributed by atoms with Crippen molar-refractivity contribution in [2.75, 3.05) is 19.6 Å². The summed E-state index contributed by atoms with van der Waals surface area (Å²) in [6, 6.07) is 11.5. The molecule has 0 radical (unpaired) electrons. The zero-order chi connectivity index (χ0) is 25.8. The van der Waals surface area contributed by atoms with E-state index in [-0.39, 0.29) is 11.7 Å². The average molecular weight is 524 g/mol. The first-order chi connectivity index (χ1) is 17.1. The van der Waals surface area contributed by atoms with E-state index in [9.17, 15) is 26.4 Å². The van der Waals surface area contributed by atoms with Crippen molar-refractivity contribution in [2.45, 2.75) is 31.3 Å². The predicted molar refractivity (Wildman–Crippen MR) is 126 cm³/mol. The summed E-state index contributed by atoms with van der Waals surface area (Å²) >= 11 is 0. The van der Waals surface area contributed by atoms with Crippen molar-refractivity contribution in [2.24, 2.45) is 0 Å². The van der Waals surface area contributed by atoms with Gasteiger partial charge in [0.25, 0.3) is 0 Å². The molecule has 0 saturated carbocycles. The maximum Gasteiger partial charge on any atom is 0.534 e. The van der Waals surface area contributed by atoms with Crippen LogP contribution in [0.5, 0.6) is 5.75 Å². The lowest BCUT2D eigenvalue weighted by atomic mass is 9.99. The van der Waals surface area contributed by atoms with Crippen LogP contribution < -0.4 is 9.50 Å². The van der Waals surface area contributed by atoms with Crippen molar-refractivity contribution in [1.82, 2.24) is 15.2 Å². The van der Waals surface area contributed by atoms with Crippen LogP contribution in [0.4, 0.5) is 13.2 Å². The third-order valence-electron chi connectivity index (χ3n) is 5.65. The fourth-order valence-electron chi connectivity index (χ4n) is 3.85. The van der Waals surface area contributed by atoms with Crippen molar-refractivity contribution in [3.63, 3.8) is 0 Å². The molecule has 36 heavy (non-hydrogen) atoms. The Kier molecular flexibility index (Phi) is 7.65. The number of rotatable bonds is 9. The number of aromatic nitrogens is 1. The molecule has 1 aliphatic heterocycles. The molecule has 1 amide bonds. The van der Waals surface area contributed by atoms with Crippen LogP contribution >= 0.6 is 0 Å². The fraction of sp³-hybridized carbons (Fsp3) is 0.333.